The van der Waals surface area contributed by atoms with E-state index in [0.717, 1.165) is 17.7 Å². The summed E-state index contributed by atoms with van der Waals surface area (Å²) in [4.78, 5) is 11.0. The Morgan fingerprint density at radius 3 is 2.26 bits per heavy atom. The predicted octanol–water partition coefficient (Wildman–Crippen LogP) is 3.44. The average Bonchev–Trinajstić information content (AvgIpc) is 2.41. The standard InChI is InChI=1S/C17H18O2/c1-14(18)13-16-7-9-17(10-8-16)19-12-11-15-5-3-2-4-6-15/h2-10H,11-13H2,1H3. The van der Waals surface area contributed by atoms with Crippen molar-refractivity contribution in [1.29, 1.82) is 0 Å². The summed E-state index contributed by atoms with van der Waals surface area (Å²) in [6, 6.07) is 18.0. The monoisotopic (exact) mass is 254 g/mol. The molecule has 2 aromatic carbocycles. The van der Waals surface area contributed by atoms with Crippen LogP contribution in [-0.4, -0.2) is 12.4 Å². The molecular weight excluding hydrogens is 236 g/mol. The lowest BCUT2D eigenvalue weighted by molar-refractivity contribution is -0.116. The number of carbonyl (C=O) groups excluding carboxylic acids is 1. The van der Waals surface area contributed by atoms with Gasteiger partial charge in [0, 0.05) is 12.8 Å². The summed E-state index contributed by atoms with van der Waals surface area (Å²) >= 11 is 0. The van der Waals surface area contributed by atoms with Crippen molar-refractivity contribution in [3.05, 3.63) is 65.7 Å². The average molecular weight is 254 g/mol. The van der Waals surface area contributed by atoms with Gasteiger partial charge in [-0.05, 0) is 30.2 Å². The van der Waals surface area contributed by atoms with Gasteiger partial charge in [0.25, 0.3) is 0 Å². The smallest absolute Gasteiger partial charge is 0.134 e. The van der Waals surface area contributed by atoms with E-state index in [4.69, 9.17) is 4.74 Å². The van der Waals surface area contributed by atoms with Crippen molar-refractivity contribution in [2.45, 2.75) is 19.8 Å². The molecule has 0 saturated carbocycles. The first-order valence-electron chi connectivity index (χ1n) is 6.49. The van der Waals surface area contributed by atoms with Gasteiger partial charge in [-0.2, -0.15) is 0 Å². The van der Waals surface area contributed by atoms with Crippen LogP contribution in [0.2, 0.25) is 0 Å². The third kappa shape index (κ3) is 4.59. The molecule has 0 aliphatic rings. The Morgan fingerprint density at radius 1 is 0.947 bits per heavy atom. The molecule has 0 aromatic heterocycles. The first-order valence-corrected chi connectivity index (χ1v) is 6.49. The van der Waals surface area contributed by atoms with E-state index in [1.807, 2.05) is 42.5 Å². The molecule has 0 fully saturated rings. The molecule has 0 atom stereocenters. The van der Waals surface area contributed by atoms with Crippen LogP contribution < -0.4 is 4.74 Å². The van der Waals surface area contributed by atoms with Gasteiger partial charge in [-0.25, -0.2) is 0 Å². The Hall–Kier alpha value is -2.09. The van der Waals surface area contributed by atoms with E-state index in [2.05, 4.69) is 12.1 Å². The zero-order valence-corrected chi connectivity index (χ0v) is 11.1. The number of Topliss-reactive ketones (excluding diaryl/α,β-unsaturated/α-hetero) is 1. The van der Waals surface area contributed by atoms with Crippen molar-refractivity contribution in [2.75, 3.05) is 6.61 Å². The summed E-state index contributed by atoms with van der Waals surface area (Å²) in [5, 5.41) is 0. The zero-order chi connectivity index (χ0) is 13.5. The van der Waals surface area contributed by atoms with E-state index in [-0.39, 0.29) is 5.78 Å². The molecule has 98 valence electrons. The molecule has 0 amide bonds. The third-order valence-electron chi connectivity index (χ3n) is 2.88. The first kappa shape index (κ1) is 13.3. The highest BCUT2D eigenvalue weighted by atomic mass is 16.5. The van der Waals surface area contributed by atoms with Crippen molar-refractivity contribution in [1.82, 2.24) is 0 Å². The highest BCUT2D eigenvalue weighted by molar-refractivity contribution is 5.78. The summed E-state index contributed by atoms with van der Waals surface area (Å²) in [5.74, 6) is 1.03. The second-order valence-electron chi connectivity index (χ2n) is 4.61. The molecular formula is C17H18O2. The van der Waals surface area contributed by atoms with Crippen molar-refractivity contribution in [3.63, 3.8) is 0 Å². The SMILES string of the molecule is CC(=O)Cc1ccc(OCCc2ccccc2)cc1. The maximum Gasteiger partial charge on any atom is 0.134 e. The molecule has 2 nitrogen and oxygen atoms in total. The second-order valence-corrected chi connectivity index (χ2v) is 4.61. The van der Waals surface area contributed by atoms with Crippen molar-refractivity contribution < 1.29 is 9.53 Å². The molecule has 2 heteroatoms. The Kier molecular flexibility index (Phi) is 4.73. The van der Waals surface area contributed by atoms with Gasteiger partial charge >= 0.3 is 0 Å². The molecule has 19 heavy (non-hydrogen) atoms. The van der Waals surface area contributed by atoms with Crippen molar-refractivity contribution in [3.8, 4) is 5.75 Å². The van der Waals surface area contributed by atoms with Gasteiger partial charge in [-0.3, -0.25) is 4.79 Å². The van der Waals surface area contributed by atoms with E-state index >= 15 is 0 Å². The van der Waals surface area contributed by atoms with E-state index in [1.54, 1.807) is 6.92 Å². The van der Waals surface area contributed by atoms with E-state index < -0.39 is 0 Å². The predicted molar refractivity (Wildman–Crippen MR) is 76.5 cm³/mol. The number of ether oxygens (including phenoxy) is 1. The van der Waals surface area contributed by atoms with Gasteiger partial charge in [0.2, 0.25) is 0 Å². The summed E-state index contributed by atoms with van der Waals surface area (Å²) in [7, 11) is 0. The van der Waals surface area contributed by atoms with Crippen LogP contribution >= 0.6 is 0 Å². The molecule has 2 rings (SSSR count). The molecule has 0 radical (unpaired) electrons. The van der Waals surface area contributed by atoms with Crippen LogP contribution in [0.3, 0.4) is 0 Å². The summed E-state index contributed by atoms with van der Waals surface area (Å²) in [5.41, 5.74) is 2.30. The summed E-state index contributed by atoms with van der Waals surface area (Å²) in [6.07, 6.45) is 1.39. The van der Waals surface area contributed by atoms with Crippen LogP contribution in [0.1, 0.15) is 18.1 Å². The fraction of sp³-hybridized carbons (Fsp3) is 0.235. The number of benzene rings is 2. The fourth-order valence-corrected chi connectivity index (χ4v) is 1.92. The summed E-state index contributed by atoms with van der Waals surface area (Å²) in [6.45, 7) is 2.26. The Balaban J connectivity index is 1.81. The molecule has 0 aliphatic heterocycles. The lowest BCUT2D eigenvalue weighted by atomic mass is 10.1. The van der Waals surface area contributed by atoms with Gasteiger partial charge in [0.1, 0.15) is 11.5 Å². The molecule has 0 saturated heterocycles. The lowest BCUT2D eigenvalue weighted by Crippen LogP contribution is -2.01. The third-order valence-corrected chi connectivity index (χ3v) is 2.88. The maximum absolute atomic E-state index is 11.0. The quantitative estimate of drug-likeness (QED) is 0.789. The summed E-state index contributed by atoms with van der Waals surface area (Å²) < 4.78 is 5.68. The minimum absolute atomic E-state index is 0.178. The first-order chi connectivity index (χ1) is 9.24. The molecule has 0 bridgehead atoms. The van der Waals surface area contributed by atoms with Crippen LogP contribution in [0, 0.1) is 0 Å². The van der Waals surface area contributed by atoms with E-state index in [0.29, 0.717) is 13.0 Å². The second kappa shape index (κ2) is 6.74. The van der Waals surface area contributed by atoms with Crippen LogP contribution in [0.4, 0.5) is 0 Å². The number of ketones is 1. The Morgan fingerprint density at radius 2 is 1.63 bits per heavy atom. The number of rotatable bonds is 6. The molecule has 0 spiro atoms. The molecule has 2 aromatic rings. The maximum atomic E-state index is 11.0. The van der Waals surface area contributed by atoms with Gasteiger partial charge < -0.3 is 4.74 Å². The number of hydrogen-bond acceptors (Lipinski definition) is 2. The molecule has 0 unspecified atom stereocenters. The normalized spacial score (nSPS) is 10.2. The molecule has 0 aliphatic carbocycles. The van der Waals surface area contributed by atoms with Gasteiger partial charge in [-0.15, -0.1) is 0 Å². The van der Waals surface area contributed by atoms with Crippen molar-refractivity contribution >= 4 is 5.78 Å². The van der Waals surface area contributed by atoms with Crippen LogP contribution in [-0.2, 0) is 17.6 Å². The highest BCUT2D eigenvalue weighted by Crippen LogP contribution is 2.13. The van der Waals surface area contributed by atoms with Gasteiger partial charge in [-0.1, -0.05) is 42.5 Å². The van der Waals surface area contributed by atoms with Crippen LogP contribution in [0.5, 0.6) is 5.75 Å². The molecule has 0 heterocycles. The van der Waals surface area contributed by atoms with Crippen molar-refractivity contribution in [2.24, 2.45) is 0 Å². The van der Waals surface area contributed by atoms with E-state index in [9.17, 15) is 4.79 Å². The minimum atomic E-state index is 0.178. The highest BCUT2D eigenvalue weighted by Gasteiger charge is 1.99. The Labute approximate surface area is 114 Å². The topological polar surface area (TPSA) is 26.3 Å². The largest absolute Gasteiger partial charge is 0.493 e. The van der Waals surface area contributed by atoms with E-state index in [1.165, 1.54) is 5.56 Å². The lowest BCUT2D eigenvalue weighted by Gasteiger charge is -2.07. The molecule has 0 N–H and O–H groups in total. The van der Waals surface area contributed by atoms with Gasteiger partial charge in [0.15, 0.2) is 0 Å². The fourth-order valence-electron chi connectivity index (χ4n) is 1.92. The van der Waals surface area contributed by atoms with Crippen LogP contribution in [0.15, 0.2) is 54.6 Å². The number of hydrogen-bond donors (Lipinski definition) is 0. The zero-order valence-electron chi connectivity index (χ0n) is 11.1. The minimum Gasteiger partial charge on any atom is -0.493 e. The van der Waals surface area contributed by atoms with Crippen LogP contribution in [0.25, 0.3) is 0 Å². The number of carbonyl (C=O) groups is 1. The Bertz CT molecular complexity index is 515. The van der Waals surface area contributed by atoms with Gasteiger partial charge in [0.05, 0.1) is 6.61 Å².